The number of amides is 3. The van der Waals surface area contributed by atoms with E-state index in [1.54, 1.807) is 42.3 Å². The number of allylic oxidation sites excluding steroid dienone is 3. The molecular weight excluding hydrogens is 442 g/mol. The molecular formula is C26H35N7O2. The molecule has 2 aliphatic heterocycles. The Kier molecular flexibility index (Phi) is 8.57. The highest BCUT2D eigenvalue weighted by atomic mass is 16.2. The van der Waals surface area contributed by atoms with Gasteiger partial charge in [0.2, 0.25) is 0 Å². The molecule has 1 aromatic heterocycles. The molecule has 0 radical (unpaired) electrons. The van der Waals surface area contributed by atoms with E-state index in [2.05, 4.69) is 16.9 Å². The van der Waals surface area contributed by atoms with Crippen molar-refractivity contribution in [3.05, 3.63) is 65.2 Å². The summed E-state index contributed by atoms with van der Waals surface area (Å²) in [4.78, 5) is 35.1. The van der Waals surface area contributed by atoms with E-state index in [9.17, 15) is 9.59 Å². The number of amidine groups is 1. The zero-order valence-corrected chi connectivity index (χ0v) is 20.8. The highest BCUT2D eigenvalue weighted by Gasteiger charge is 2.27. The molecule has 9 nitrogen and oxygen atoms in total. The van der Waals surface area contributed by atoms with Crippen molar-refractivity contribution in [1.29, 1.82) is 10.8 Å². The van der Waals surface area contributed by atoms with E-state index in [0.29, 0.717) is 24.4 Å². The van der Waals surface area contributed by atoms with Crippen LogP contribution in [0.1, 0.15) is 55.2 Å². The fraction of sp³-hybridized carbons (Fsp3) is 0.423. The Balaban J connectivity index is 1.59. The zero-order chi connectivity index (χ0) is 25.5. The normalized spacial score (nSPS) is 15.8. The molecule has 0 aromatic carbocycles. The highest BCUT2D eigenvalue weighted by Crippen LogP contribution is 2.21. The summed E-state index contributed by atoms with van der Waals surface area (Å²) in [6, 6.07) is 1.84. The van der Waals surface area contributed by atoms with Gasteiger partial charge in [0.1, 0.15) is 11.5 Å². The van der Waals surface area contributed by atoms with Gasteiger partial charge in [0.25, 0.3) is 5.91 Å². The van der Waals surface area contributed by atoms with Crippen LogP contribution in [-0.4, -0.2) is 69.5 Å². The third kappa shape index (κ3) is 6.44. The van der Waals surface area contributed by atoms with E-state index >= 15 is 0 Å². The van der Waals surface area contributed by atoms with Crippen LogP contribution in [-0.2, 0) is 13.0 Å². The summed E-state index contributed by atoms with van der Waals surface area (Å²) in [6.07, 6.45) is 10.8. The Bertz CT molecular complexity index is 1070. The molecule has 0 atom stereocenters. The lowest BCUT2D eigenvalue weighted by molar-refractivity contribution is 0.0962. The molecule has 0 spiro atoms. The van der Waals surface area contributed by atoms with Crippen LogP contribution in [0.2, 0.25) is 0 Å². The van der Waals surface area contributed by atoms with Gasteiger partial charge in [0, 0.05) is 44.1 Å². The molecule has 35 heavy (non-hydrogen) atoms. The quantitative estimate of drug-likeness (QED) is 0.315. The predicted octanol–water partition coefficient (Wildman–Crippen LogP) is 3.70. The number of hydrogen-bond acceptors (Lipinski definition) is 5. The number of hydrogen-bond donors (Lipinski definition) is 3. The summed E-state index contributed by atoms with van der Waals surface area (Å²) < 4.78 is 0. The molecule has 1 fully saturated rings. The van der Waals surface area contributed by atoms with Gasteiger partial charge in [-0.3, -0.25) is 20.6 Å². The van der Waals surface area contributed by atoms with Crippen LogP contribution >= 0.6 is 0 Å². The standard InChI is InChI=1S/C26H35N7O2/c1-18(2)33(17-27)24(28)19(3)8-7-9-20(4)30-25(34)23-14-22-16-32(13-10-21(22)15-29-23)26(35)31-11-5-6-12-31/h7-9,14-15,17-18,27-28H,4-6,10-13,16H2,1-3H3,(H,30,34)/b9-7-,19-8+,27-17?,28-24?. The van der Waals surface area contributed by atoms with Crippen molar-refractivity contribution < 1.29 is 9.59 Å². The number of likely N-dealkylation sites (tertiary alicyclic amines) is 1. The SMILES string of the molecule is C=C(/C=C\C=C(/C)C(=N)N(C=N)C(C)C)NC(=O)c1cc2c(cn1)CCN(C(=O)N1CCCC1)C2. The average molecular weight is 478 g/mol. The Morgan fingerprint density at radius 2 is 1.91 bits per heavy atom. The van der Waals surface area contributed by atoms with E-state index in [0.717, 1.165) is 49.8 Å². The minimum atomic E-state index is -0.367. The molecule has 9 heteroatoms. The Labute approximate surface area is 207 Å². The first-order valence-corrected chi connectivity index (χ1v) is 12.0. The van der Waals surface area contributed by atoms with E-state index in [4.69, 9.17) is 10.8 Å². The largest absolute Gasteiger partial charge is 0.325 e. The number of carbonyl (C=O) groups is 2. The maximum Gasteiger partial charge on any atom is 0.320 e. The van der Waals surface area contributed by atoms with Gasteiger partial charge in [0.05, 0.1) is 6.34 Å². The first-order valence-electron chi connectivity index (χ1n) is 12.0. The lowest BCUT2D eigenvalue weighted by atomic mass is 10.0. The second-order valence-corrected chi connectivity index (χ2v) is 9.15. The van der Waals surface area contributed by atoms with Crippen LogP contribution in [0.4, 0.5) is 4.79 Å². The number of fused-ring (bicyclic) bond motifs is 1. The van der Waals surface area contributed by atoms with Crippen LogP contribution < -0.4 is 5.32 Å². The van der Waals surface area contributed by atoms with Crippen molar-refractivity contribution in [2.45, 2.75) is 52.6 Å². The van der Waals surface area contributed by atoms with Crippen molar-refractivity contribution in [1.82, 2.24) is 25.0 Å². The van der Waals surface area contributed by atoms with Crippen molar-refractivity contribution in [2.75, 3.05) is 19.6 Å². The first kappa shape index (κ1) is 25.9. The number of urea groups is 1. The monoisotopic (exact) mass is 477 g/mol. The van der Waals surface area contributed by atoms with Crippen LogP contribution in [0, 0.1) is 10.8 Å². The van der Waals surface area contributed by atoms with Gasteiger partial charge in [-0.2, -0.15) is 0 Å². The summed E-state index contributed by atoms with van der Waals surface area (Å²) in [6.45, 7) is 12.3. The lowest BCUT2D eigenvalue weighted by Gasteiger charge is -2.32. The molecule has 2 aliphatic rings. The smallest absolute Gasteiger partial charge is 0.320 e. The molecule has 186 valence electrons. The Morgan fingerprint density at radius 3 is 2.57 bits per heavy atom. The van der Waals surface area contributed by atoms with Gasteiger partial charge < -0.3 is 20.0 Å². The minimum Gasteiger partial charge on any atom is -0.325 e. The second-order valence-electron chi connectivity index (χ2n) is 9.15. The van der Waals surface area contributed by atoms with Crippen LogP contribution in [0.3, 0.4) is 0 Å². The fourth-order valence-corrected chi connectivity index (χ4v) is 4.15. The van der Waals surface area contributed by atoms with Crippen molar-refractivity contribution in [2.24, 2.45) is 0 Å². The molecule has 3 N–H and O–H groups in total. The maximum atomic E-state index is 12.8. The Morgan fingerprint density at radius 1 is 1.20 bits per heavy atom. The molecule has 0 aliphatic carbocycles. The summed E-state index contributed by atoms with van der Waals surface area (Å²) >= 11 is 0. The lowest BCUT2D eigenvalue weighted by Crippen LogP contribution is -2.44. The van der Waals surface area contributed by atoms with E-state index in [1.807, 2.05) is 23.6 Å². The van der Waals surface area contributed by atoms with Crippen LogP contribution in [0.5, 0.6) is 0 Å². The van der Waals surface area contributed by atoms with Gasteiger partial charge in [-0.1, -0.05) is 18.7 Å². The topological polar surface area (TPSA) is 116 Å². The van der Waals surface area contributed by atoms with Gasteiger partial charge in [-0.05, 0) is 68.9 Å². The molecule has 3 amide bonds. The number of nitrogens with zero attached hydrogens (tertiary/aromatic N) is 4. The van der Waals surface area contributed by atoms with Crippen molar-refractivity contribution in [3.8, 4) is 0 Å². The first-order chi connectivity index (χ1) is 16.7. The molecule has 0 bridgehead atoms. The van der Waals surface area contributed by atoms with Gasteiger partial charge in [-0.25, -0.2) is 4.79 Å². The van der Waals surface area contributed by atoms with Gasteiger partial charge >= 0.3 is 6.03 Å². The van der Waals surface area contributed by atoms with Crippen LogP contribution in [0.25, 0.3) is 0 Å². The third-order valence-corrected chi connectivity index (χ3v) is 6.22. The number of pyridine rings is 1. The fourth-order valence-electron chi connectivity index (χ4n) is 4.15. The minimum absolute atomic E-state index is 0.0103. The Hall–Kier alpha value is -3.75. The molecule has 0 unspecified atom stereocenters. The van der Waals surface area contributed by atoms with Crippen LogP contribution in [0.15, 0.2) is 48.3 Å². The summed E-state index contributed by atoms with van der Waals surface area (Å²) in [5.74, 6) is -0.126. The maximum absolute atomic E-state index is 12.8. The van der Waals surface area contributed by atoms with E-state index < -0.39 is 0 Å². The molecule has 3 heterocycles. The zero-order valence-electron chi connectivity index (χ0n) is 20.8. The van der Waals surface area contributed by atoms with Gasteiger partial charge in [0.15, 0.2) is 0 Å². The third-order valence-electron chi connectivity index (χ3n) is 6.22. The molecule has 3 rings (SSSR count). The number of aromatic nitrogens is 1. The van der Waals surface area contributed by atoms with Crippen molar-refractivity contribution >= 4 is 24.1 Å². The summed E-state index contributed by atoms with van der Waals surface area (Å²) in [7, 11) is 0. The predicted molar refractivity (Wildman–Crippen MR) is 138 cm³/mol. The highest BCUT2D eigenvalue weighted by molar-refractivity contribution is 6.01. The summed E-state index contributed by atoms with van der Waals surface area (Å²) in [5, 5.41) is 18.4. The second kappa shape index (κ2) is 11.6. The van der Waals surface area contributed by atoms with E-state index in [-0.39, 0.29) is 29.5 Å². The van der Waals surface area contributed by atoms with Crippen molar-refractivity contribution in [3.63, 3.8) is 0 Å². The van der Waals surface area contributed by atoms with Gasteiger partial charge in [-0.15, -0.1) is 0 Å². The molecule has 0 saturated carbocycles. The average Bonchev–Trinajstić information content (AvgIpc) is 3.38. The summed E-state index contributed by atoms with van der Waals surface area (Å²) in [5.41, 5.74) is 3.36. The van der Waals surface area contributed by atoms with E-state index in [1.165, 1.54) is 0 Å². The number of carbonyl (C=O) groups excluding carboxylic acids is 2. The molecule has 1 saturated heterocycles. The molecule has 1 aromatic rings. The number of nitrogens with one attached hydrogen (secondary N) is 3. The number of rotatable bonds is 7.